The number of fused-ring (bicyclic) bond motifs is 1. The highest BCUT2D eigenvalue weighted by atomic mass is 32.1. The minimum Gasteiger partial charge on any atom is -0.492 e. The fourth-order valence-electron chi connectivity index (χ4n) is 3.67. The summed E-state index contributed by atoms with van der Waals surface area (Å²) in [4.78, 5) is 10.2. The molecule has 3 heterocycles. The van der Waals surface area contributed by atoms with Crippen molar-refractivity contribution in [2.24, 2.45) is 0 Å². The zero-order chi connectivity index (χ0) is 19.8. The number of hydrogen-bond acceptors (Lipinski definition) is 6. The highest BCUT2D eigenvalue weighted by molar-refractivity contribution is 7.17. The molecule has 1 fully saturated rings. The third-order valence-electron chi connectivity index (χ3n) is 5.29. The van der Waals surface area contributed by atoms with Crippen LogP contribution in [0, 0.1) is 11.6 Å². The summed E-state index contributed by atoms with van der Waals surface area (Å²) in [6.07, 6.45) is 0.675. The van der Waals surface area contributed by atoms with Gasteiger partial charge >= 0.3 is 0 Å². The van der Waals surface area contributed by atoms with Crippen LogP contribution in [0.15, 0.2) is 18.2 Å². The number of benzene rings is 1. The van der Waals surface area contributed by atoms with E-state index in [0.717, 1.165) is 38.8 Å². The van der Waals surface area contributed by atoms with Crippen LogP contribution in [0.5, 0.6) is 5.88 Å². The highest BCUT2D eigenvalue weighted by Crippen LogP contribution is 2.40. The van der Waals surface area contributed by atoms with Gasteiger partial charge in [-0.25, -0.2) is 13.8 Å². The molecule has 4 rings (SSSR count). The Labute approximate surface area is 166 Å². The lowest BCUT2D eigenvalue weighted by Crippen LogP contribution is -2.47. The van der Waals surface area contributed by atoms with Crippen molar-refractivity contribution in [3.63, 3.8) is 0 Å². The molecule has 1 aliphatic rings. The van der Waals surface area contributed by atoms with Gasteiger partial charge in [0.25, 0.3) is 0 Å². The van der Waals surface area contributed by atoms with Crippen LogP contribution in [0.4, 0.5) is 8.78 Å². The van der Waals surface area contributed by atoms with E-state index < -0.39 is 11.6 Å². The molecule has 0 spiro atoms. The number of piperazine rings is 1. The standard InChI is InChI=1S/C19H23F2N5OS/c1-3-15-22-19-26(23-15)18(27)17(28-19)16(12-5-6-13(20)14(21)11-12)25-9-7-24(4-2)8-10-25/h5-6,11,16,27H,3-4,7-10H2,1-2H3/t16-/m0/s1. The Morgan fingerprint density at radius 3 is 2.50 bits per heavy atom. The number of rotatable bonds is 5. The molecule has 0 bridgehead atoms. The molecule has 0 unspecified atom stereocenters. The van der Waals surface area contributed by atoms with Crippen molar-refractivity contribution in [1.29, 1.82) is 0 Å². The summed E-state index contributed by atoms with van der Waals surface area (Å²) in [5.41, 5.74) is 0.611. The van der Waals surface area contributed by atoms with Crippen LogP contribution in [0.1, 0.15) is 36.2 Å². The molecule has 0 aliphatic carbocycles. The van der Waals surface area contributed by atoms with Crippen molar-refractivity contribution < 1.29 is 13.9 Å². The minimum atomic E-state index is -0.887. The Hall–Kier alpha value is -2.10. The van der Waals surface area contributed by atoms with Crippen molar-refractivity contribution in [3.8, 4) is 5.88 Å². The zero-order valence-corrected chi connectivity index (χ0v) is 16.7. The fourth-order valence-corrected chi connectivity index (χ4v) is 4.80. The minimum absolute atomic E-state index is 0.0138. The van der Waals surface area contributed by atoms with Crippen molar-refractivity contribution in [1.82, 2.24) is 24.4 Å². The van der Waals surface area contributed by atoms with Crippen LogP contribution in [0.2, 0.25) is 0 Å². The Kier molecular flexibility index (Phi) is 5.31. The fraction of sp³-hybridized carbons (Fsp3) is 0.474. The summed E-state index contributed by atoms with van der Waals surface area (Å²) >= 11 is 1.34. The summed E-state index contributed by atoms with van der Waals surface area (Å²) in [7, 11) is 0. The van der Waals surface area contributed by atoms with Crippen LogP contribution < -0.4 is 0 Å². The van der Waals surface area contributed by atoms with Gasteiger partial charge in [-0.05, 0) is 24.2 Å². The monoisotopic (exact) mass is 407 g/mol. The number of aromatic hydroxyl groups is 1. The molecule has 1 aliphatic heterocycles. The average molecular weight is 407 g/mol. The Morgan fingerprint density at radius 1 is 1.14 bits per heavy atom. The number of aryl methyl sites for hydroxylation is 1. The van der Waals surface area contributed by atoms with E-state index in [1.54, 1.807) is 6.07 Å². The maximum Gasteiger partial charge on any atom is 0.230 e. The zero-order valence-electron chi connectivity index (χ0n) is 15.9. The molecule has 0 radical (unpaired) electrons. The van der Waals surface area contributed by atoms with E-state index in [1.165, 1.54) is 21.9 Å². The molecule has 2 aromatic heterocycles. The van der Waals surface area contributed by atoms with Gasteiger partial charge in [-0.3, -0.25) is 4.90 Å². The molecule has 1 atom stereocenters. The maximum absolute atomic E-state index is 14.0. The molecule has 150 valence electrons. The first kappa shape index (κ1) is 19.2. The summed E-state index contributed by atoms with van der Waals surface area (Å²) in [6.45, 7) is 8.37. The van der Waals surface area contributed by atoms with Crippen LogP contribution >= 0.6 is 11.3 Å². The van der Waals surface area contributed by atoms with Gasteiger partial charge in [0, 0.05) is 32.6 Å². The largest absolute Gasteiger partial charge is 0.492 e. The van der Waals surface area contributed by atoms with Gasteiger partial charge in [-0.2, -0.15) is 4.52 Å². The van der Waals surface area contributed by atoms with E-state index in [-0.39, 0.29) is 11.9 Å². The number of nitrogens with zero attached hydrogens (tertiary/aromatic N) is 5. The van der Waals surface area contributed by atoms with Crippen LogP contribution in [-0.4, -0.2) is 62.2 Å². The number of thiazole rings is 1. The topological polar surface area (TPSA) is 56.9 Å². The van der Waals surface area contributed by atoms with Crippen LogP contribution in [0.3, 0.4) is 0 Å². The molecule has 0 saturated carbocycles. The predicted molar refractivity (Wildman–Crippen MR) is 104 cm³/mol. The summed E-state index contributed by atoms with van der Waals surface area (Å²) < 4.78 is 28.9. The summed E-state index contributed by atoms with van der Waals surface area (Å²) in [6, 6.07) is 3.57. The molecule has 6 nitrogen and oxygen atoms in total. The van der Waals surface area contributed by atoms with E-state index in [4.69, 9.17) is 0 Å². The van der Waals surface area contributed by atoms with Crippen molar-refractivity contribution in [3.05, 3.63) is 46.1 Å². The molecule has 1 aromatic carbocycles. The second kappa shape index (κ2) is 7.73. The van der Waals surface area contributed by atoms with Crippen LogP contribution in [0.25, 0.3) is 4.96 Å². The summed E-state index contributed by atoms with van der Waals surface area (Å²) in [5.74, 6) is -1.09. The molecular formula is C19H23F2N5OS. The average Bonchev–Trinajstić information content (AvgIpc) is 3.25. The van der Waals surface area contributed by atoms with Gasteiger partial charge in [0.1, 0.15) is 0 Å². The lowest BCUT2D eigenvalue weighted by atomic mass is 10.0. The lowest BCUT2D eigenvalue weighted by Gasteiger charge is -2.38. The number of likely N-dealkylation sites (N-methyl/N-ethyl adjacent to an activating group) is 1. The number of aromatic nitrogens is 3. The maximum atomic E-state index is 14.0. The van der Waals surface area contributed by atoms with E-state index in [9.17, 15) is 13.9 Å². The van der Waals surface area contributed by atoms with Gasteiger partial charge in [-0.1, -0.05) is 31.3 Å². The molecular weight excluding hydrogens is 384 g/mol. The highest BCUT2D eigenvalue weighted by Gasteiger charge is 2.32. The first-order valence-corrected chi connectivity index (χ1v) is 10.3. The molecule has 28 heavy (non-hydrogen) atoms. The van der Waals surface area contributed by atoms with Gasteiger partial charge in [0.2, 0.25) is 10.8 Å². The van der Waals surface area contributed by atoms with E-state index >= 15 is 0 Å². The normalized spacial score (nSPS) is 17.4. The molecule has 3 aromatic rings. The summed E-state index contributed by atoms with van der Waals surface area (Å²) in [5, 5.41) is 15.2. The van der Waals surface area contributed by atoms with Crippen molar-refractivity contribution in [2.45, 2.75) is 26.3 Å². The Morgan fingerprint density at radius 2 is 1.89 bits per heavy atom. The Bertz CT molecular complexity index is 980. The molecule has 9 heteroatoms. The number of halogens is 2. The smallest absolute Gasteiger partial charge is 0.230 e. The first-order chi connectivity index (χ1) is 13.5. The van der Waals surface area contributed by atoms with Gasteiger partial charge in [-0.15, -0.1) is 5.10 Å². The van der Waals surface area contributed by atoms with E-state index in [0.29, 0.717) is 27.6 Å². The van der Waals surface area contributed by atoms with Gasteiger partial charge in [0.05, 0.1) is 10.9 Å². The van der Waals surface area contributed by atoms with Crippen molar-refractivity contribution in [2.75, 3.05) is 32.7 Å². The first-order valence-electron chi connectivity index (χ1n) is 9.50. The quantitative estimate of drug-likeness (QED) is 0.705. The van der Waals surface area contributed by atoms with Crippen LogP contribution in [-0.2, 0) is 6.42 Å². The second-order valence-electron chi connectivity index (χ2n) is 6.91. The second-order valence-corrected chi connectivity index (χ2v) is 7.92. The Balaban J connectivity index is 1.77. The predicted octanol–water partition coefficient (Wildman–Crippen LogP) is 3.06. The van der Waals surface area contributed by atoms with Gasteiger partial charge in [0.15, 0.2) is 17.5 Å². The lowest BCUT2D eigenvalue weighted by molar-refractivity contribution is 0.113. The SMILES string of the molecule is CCc1nc2sc([C@H](c3ccc(F)c(F)c3)N3CCN(CC)CC3)c(O)n2n1. The van der Waals surface area contributed by atoms with E-state index in [1.807, 2.05) is 6.92 Å². The van der Waals surface area contributed by atoms with Gasteiger partial charge < -0.3 is 10.0 Å². The number of hydrogen-bond donors (Lipinski definition) is 1. The van der Waals surface area contributed by atoms with Crippen molar-refractivity contribution >= 4 is 16.3 Å². The third-order valence-corrected chi connectivity index (χ3v) is 6.36. The molecule has 0 amide bonds. The van der Waals surface area contributed by atoms with E-state index in [2.05, 4.69) is 26.8 Å². The third kappa shape index (κ3) is 3.38. The molecule has 1 saturated heterocycles. The molecule has 1 N–H and O–H groups in total.